The second-order valence-electron chi connectivity index (χ2n) is 6.27. The first-order valence-corrected chi connectivity index (χ1v) is 12.0. The molecule has 0 fully saturated rings. The average Bonchev–Trinajstić information content (AvgIpc) is 3.03. The highest BCUT2D eigenvalue weighted by Gasteiger charge is 2.34. The summed E-state index contributed by atoms with van der Waals surface area (Å²) < 4.78 is 12.0. The van der Waals surface area contributed by atoms with Crippen molar-refractivity contribution < 1.29 is 24.2 Å². The molecule has 166 valence electrons. The summed E-state index contributed by atoms with van der Waals surface area (Å²) >= 11 is 13.9. The molecule has 1 heterocycles. The lowest BCUT2D eigenvalue weighted by Gasteiger charge is -2.09. The first-order valence-electron chi connectivity index (χ1n) is 9.18. The van der Waals surface area contributed by atoms with Gasteiger partial charge in [-0.15, -0.1) is 0 Å². The zero-order chi connectivity index (χ0) is 23.4. The van der Waals surface area contributed by atoms with Gasteiger partial charge in [-0.25, -0.2) is 9.79 Å². The number of benzene rings is 2. The van der Waals surface area contributed by atoms with Gasteiger partial charge in [-0.2, -0.15) is 0 Å². The van der Waals surface area contributed by atoms with Crippen LogP contribution in [0, 0.1) is 0 Å². The molecule has 0 saturated heterocycles. The molecule has 0 aliphatic carbocycles. The third kappa shape index (κ3) is 5.28. The van der Waals surface area contributed by atoms with Crippen molar-refractivity contribution in [2.75, 3.05) is 13.7 Å². The van der Waals surface area contributed by atoms with Gasteiger partial charge in [0.25, 0.3) is 5.91 Å². The van der Waals surface area contributed by atoms with Crippen molar-refractivity contribution in [2.45, 2.75) is 6.92 Å². The zero-order valence-corrected chi connectivity index (χ0v) is 21.6. The van der Waals surface area contributed by atoms with E-state index in [2.05, 4.69) is 36.9 Å². The monoisotopic (exact) mass is 599 g/mol. The van der Waals surface area contributed by atoms with E-state index in [4.69, 9.17) is 21.1 Å². The number of aliphatic hydroxyl groups excluding tert-OH is 1. The van der Waals surface area contributed by atoms with Crippen LogP contribution in [-0.4, -0.2) is 35.7 Å². The van der Waals surface area contributed by atoms with Crippen molar-refractivity contribution in [3.05, 3.63) is 77.7 Å². The van der Waals surface area contributed by atoms with Gasteiger partial charge in [-0.1, -0.05) is 51.4 Å². The number of ether oxygens (including phenoxy) is 2. The summed E-state index contributed by atoms with van der Waals surface area (Å²) in [4.78, 5) is 29.6. The molecule has 1 amide bonds. The number of hydrogen-bond donors (Lipinski definition) is 1. The van der Waals surface area contributed by atoms with Crippen LogP contribution >= 0.6 is 55.2 Å². The van der Waals surface area contributed by atoms with Gasteiger partial charge in [0.1, 0.15) is 22.1 Å². The Morgan fingerprint density at radius 2 is 1.97 bits per heavy atom. The smallest absolute Gasteiger partial charge is 0.344 e. The van der Waals surface area contributed by atoms with E-state index in [0.717, 1.165) is 16.2 Å². The van der Waals surface area contributed by atoms with E-state index in [-0.39, 0.29) is 33.6 Å². The minimum Gasteiger partial charge on any atom is -0.506 e. The summed E-state index contributed by atoms with van der Waals surface area (Å²) in [7, 11) is 1.52. The molecule has 10 heteroatoms. The Labute approximate surface area is 210 Å². The minimum absolute atomic E-state index is 0.0187. The second kappa shape index (κ2) is 10.7. The highest BCUT2D eigenvalue weighted by atomic mass is 79.9. The Hall–Kier alpha value is -2.07. The maximum Gasteiger partial charge on any atom is 0.344 e. The average molecular weight is 602 g/mol. The van der Waals surface area contributed by atoms with E-state index >= 15 is 0 Å². The molecule has 0 atom stereocenters. The number of carbonyl (C=O) groups is 2. The molecule has 6 nitrogen and oxygen atoms in total. The van der Waals surface area contributed by atoms with Crippen molar-refractivity contribution in [2.24, 2.45) is 4.99 Å². The van der Waals surface area contributed by atoms with Crippen LogP contribution < -0.4 is 4.74 Å². The number of rotatable bonds is 5. The predicted molar refractivity (Wildman–Crippen MR) is 133 cm³/mol. The molecule has 0 bridgehead atoms. The number of methoxy groups -OCH3 is 1. The molecular formula is C22H16Br2ClNO5S. The van der Waals surface area contributed by atoms with Gasteiger partial charge in [0.05, 0.1) is 33.7 Å². The molecule has 32 heavy (non-hydrogen) atoms. The Morgan fingerprint density at radius 1 is 1.25 bits per heavy atom. The molecule has 0 spiro atoms. The zero-order valence-electron chi connectivity index (χ0n) is 16.8. The lowest BCUT2D eigenvalue weighted by atomic mass is 10.1. The summed E-state index contributed by atoms with van der Waals surface area (Å²) in [5, 5.41) is 11.1. The van der Waals surface area contributed by atoms with Gasteiger partial charge in [-0.3, -0.25) is 4.79 Å². The number of halogens is 3. The molecule has 2 aromatic carbocycles. The molecule has 1 aliphatic rings. The summed E-state index contributed by atoms with van der Waals surface area (Å²) in [6.45, 7) is 1.74. The molecule has 0 aromatic heterocycles. The molecule has 1 N–H and O–H groups in total. The summed E-state index contributed by atoms with van der Waals surface area (Å²) in [6, 6.07) is 10.1. The molecule has 3 rings (SSSR count). The van der Waals surface area contributed by atoms with E-state index in [1.807, 2.05) is 6.07 Å². The first kappa shape index (κ1) is 24.6. The number of hydrogen-bond acceptors (Lipinski definition) is 6. The van der Waals surface area contributed by atoms with E-state index < -0.39 is 11.9 Å². The van der Waals surface area contributed by atoms with Crippen LogP contribution in [0.2, 0.25) is 5.02 Å². The van der Waals surface area contributed by atoms with Crippen molar-refractivity contribution >= 4 is 78.2 Å². The van der Waals surface area contributed by atoms with Crippen LogP contribution in [0.4, 0.5) is 0 Å². The lowest BCUT2D eigenvalue weighted by Crippen LogP contribution is -2.14. The van der Waals surface area contributed by atoms with Gasteiger partial charge >= 0.3 is 5.97 Å². The number of aliphatic hydroxyl groups is 1. The van der Waals surface area contributed by atoms with Gasteiger partial charge in [-0.05, 0) is 53.2 Å². The van der Waals surface area contributed by atoms with Crippen LogP contribution in [-0.2, 0) is 9.53 Å². The molecule has 0 saturated carbocycles. The fraction of sp³-hybridized carbons (Fsp3) is 0.136. The molecule has 1 aliphatic heterocycles. The van der Waals surface area contributed by atoms with E-state index in [9.17, 15) is 14.7 Å². The quantitative estimate of drug-likeness (QED) is 0.390. The second-order valence-corrected chi connectivity index (χ2v) is 9.47. The fourth-order valence-corrected chi connectivity index (χ4v) is 5.46. The standard InChI is InChI=1S/C22H16Br2ClNO5S/c1-3-31-22(29)17-18(27)16(9-11-8-12(23)10-14(24)19(11)30-2)32-21(17)26-20(28)13-6-4-5-7-15(13)25/h4-10,27H,3H2,1-2H3/b16-9-,26-21?. The normalized spacial score (nSPS) is 16.0. The maximum absolute atomic E-state index is 12.7. The van der Waals surface area contributed by atoms with Gasteiger partial charge in [0.15, 0.2) is 0 Å². The lowest BCUT2D eigenvalue weighted by molar-refractivity contribution is -0.138. The van der Waals surface area contributed by atoms with Crippen LogP contribution in [0.5, 0.6) is 5.75 Å². The minimum atomic E-state index is -0.783. The van der Waals surface area contributed by atoms with E-state index in [0.29, 0.717) is 20.7 Å². The number of nitrogens with zero attached hydrogens (tertiary/aromatic N) is 1. The van der Waals surface area contributed by atoms with E-state index in [1.165, 1.54) is 13.2 Å². The Balaban J connectivity index is 2.10. The number of thioether (sulfide) groups is 1. The van der Waals surface area contributed by atoms with Crippen LogP contribution in [0.25, 0.3) is 6.08 Å². The Kier molecular flexibility index (Phi) is 8.21. The number of esters is 1. The fourth-order valence-electron chi connectivity index (χ4n) is 2.82. The van der Waals surface area contributed by atoms with Crippen molar-refractivity contribution in [1.29, 1.82) is 0 Å². The van der Waals surface area contributed by atoms with Gasteiger partial charge < -0.3 is 14.6 Å². The largest absolute Gasteiger partial charge is 0.506 e. The predicted octanol–water partition coefficient (Wildman–Crippen LogP) is 6.58. The third-order valence-corrected chi connectivity index (χ3v) is 6.60. The number of amides is 1. The number of carbonyl (C=O) groups excluding carboxylic acids is 2. The van der Waals surface area contributed by atoms with Crippen LogP contribution in [0.3, 0.4) is 0 Å². The Morgan fingerprint density at radius 3 is 2.62 bits per heavy atom. The number of aliphatic imine (C=N–C) groups is 1. The summed E-state index contributed by atoms with van der Waals surface area (Å²) in [5.41, 5.74) is 0.626. The first-order chi connectivity index (χ1) is 15.3. The maximum atomic E-state index is 12.7. The molecule has 0 unspecified atom stereocenters. The van der Waals surface area contributed by atoms with Gasteiger partial charge in [0, 0.05) is 10.0 Å². The highest BCUT2D eigenvalue weighted by molar-refractivity contribution is 9.11. The third-order valence-electron chi connectivity index (χ3n) is 4.21. The topological polar surface area (TPSA) is 85.2 Å². The van der Waals surface area contributed by atoms with Crippen molar-refractivity contribution in [3.8, 4) is 5.75 Å². The molecular weight excluding hydrogens is 586 g/mol. The Bertz CT molecular complexity index is 1190. The van der Waals surface area contributed by atoms with Crippen LogP contribution in [0.15, 0.2) is 66.6 Å². The summed E-state index contributed by atoms with van der Waals surface area (Å²) in [6.07, 6.45) is 1.63. The van der Waals surface area contributed by atoms with E-state index in [1.54, 1.807) is 37.3 Å². The summed E-state index contributed by atoms with van der Waals surface area (Å²) in [5.74, 6) is -1.23. The van der Waals surface area contributed by atoms with Crippen LogP contribution in [0.1, 0.15) is 22.8 Å². The molecule has 2 aromatic rings. The van der Waals surface area contributed by atoms with Crippen molar-refractivity contribution in [1.82, 2.24) is 0 Å². The van der Waals surface area contributed by atoms with Gasteiger partial charge in [0.2, 0.25) is 0 Å². The SMILES string of the molecule is CCOC(=O)C1=C(O)/C(=C/c2cc(Br)cc(Br)c2OC)SC1=NC(=O)c1ccccc1Cl. The molecule has 0 radical (unpaired) electrons. The van der Waals surface area contributed by atoms with Crippen molar-refractivity contribution in [3.63, 3.8) is 0 Å². The highest BCUT2D eigenvalue weighted by Crippen LogP contribution is 2.42.